The maximum Gasteiger partial charge on any atom is 0.257 e. The number of rotatable bonds is 1. The molecule has 1 aromatic carbocycles. The first kappa shape index (κ1) is 12.9. The quantitative estimate of drug-likeness (QED) is 0.867. The minimum Gasteiger partial charge on any atom is -0.507 e. The van der Waals surface area contributed by atoms with Crippen molar-refractivity contribution in [3.05, 3.63) is 28.2 Å². The van der Waals surface area contributed by atoms with Crippen LogP contribution in [-0.4, -0.2) is 29.0 Å². The van der Waals surface area contributed by atoms with E-state index in [1.165, 1.54) is 6.07 Å². The molecule has 94 valence electrons. The molecule has 0 aromatic heterocycles. The van der Waals surface area contributed by atoms with Gasteiger partial charge in [0.05, 0.1) is 11.6 Å². The van der Waals surface area contributed by atoms with Gasteiger partial charge in [0.25, 0.3) is 5.91 Å². The third kappa shape index (κ3) is 2.65. The van der Waals surface area contributed by atoms with Crippen LogP contribution in [0.3, 0.4) is 0 Å². The van der Waals surface area contributed by atoms with E-state index in [1.807, 2.05) is 0 Å². The van der Waals surface area contributed by atoms with Crippen LogP contribution in [0.15, 0.2) is 22.7 Å². The minimum absolute atomic E-state index is 0.0169. The lowest BCUT2D eigenvalue weighted by atomic mass is 9.98. The Morgan fingerprint density at radius 1 is 1.44 bits per heavy atom. The predicted molar refractivity (Wildman–Crippen MR) is 70.0 cm³/mol. The summed E-state index contributed by atoms with van der Waals surface area (Å²) in [5.41, 5.74) is 0.314. The molecule has 0 atom stereocenters. The standard InChI is InChI=1S/C13H13BrN2O2/c14-10-1-2-11(12(17)7-10)13(18)16-5-3-9(8-15)4-6-16/h1-2,7,9,17H,3-6H2. The first-order chi connectivity index (χ1) is 8.61. The fourth-order valence-electron chi connectivity index (χ4n) is 2.07. The topological polar surface area (TPSA) is 64.3 Å². The van der Waals surface area contributed by atoms with Gasteiger partial charge in [0.1, 0.15) is 5.75 Å². The van der Waals surface area contributed by atoms with E-state index in [0.29, 0.717) is 31.5 Å². The lowest BCUT2D eigenvalue weighted by molar-refractivity contribution is 0.0704. The first-order valence-electron chi connectivity index (χ1n) is 5.79. The van der Waals surface area contributed by atoms with Gasteiger partial charge in [0.2, 0.25) is 0 Å². The van der Waals surface area contributed by atoms with Gasteiger partial charge in [-0.1, -0.05) is 15.9 Å². The van der Waals surface area contributed by atoms with Gasteiger partial charge < -0.3 is 10.0 Å². The van der Waals surface area contributed by atoms with Crippen LogP contribution < -0.4 is 0 Å². The number of nitrogens with zero attached hydrogens (tertiary/aromatic N) is 2. The van der Waals surface area contributed by atoms with E-state index in [9.17, 15) is 9.90 Å². The second-order valence-corrected chi connectivity index (χ2v) is 5.27. The average Bonchev–Trinajstić information content (AvgIpc) is 2.38. The van der Waals surface area contributed by atoms with Gasteiger partial charge in [0.15, 0.2) is 0 Å². The molecule has 0 aliphatic carbocycles. The van der Waals surface area contributed by atoms with E-state index in [1.54, 1.807) is 17.0 Å². The van der Waals surface area contributed by atoms with Crippen LogP contribution >= 0.6 is 15.9 Å². The third-order valence-corrected chi connectivity index (χ3v) is 3.65. The highest BCUT2D eigenvalue weighted by Crippen LogP contribution is 2.25. The number of nitriles is 1. The highest BCUT2D eigenvalue weighted by molar-refractivity contribution is 9.10. The Bertz CT molecular complexity index is 502. The molecular weight excluding hydrogens is 296 g/mol. The van der Waals surface area contributed by atoms with Crippen LogP contribution in [0.4, 0.5) is 0 Å². The molecule has 1 amide bonds. The van der Waals surface area contributed by atoms with E-state index >= 15 is 0 Å². The van der Waals surface area contributed by atoms with Crippen molar-refractivity contribution in [1.29, 1.82) is 5.26 Å². The molecule has 0 saturated carbocycles. The molecule has 0 unspecified atom stereocenters. The van der Waals surface area contributed by atoms with Crippen molar-refractivity contribution in [2.24, 2.45) is 5.92 Å². The molecule has 5 heteroatoms. The second kappa shape index (κ2) is 5.40. The maximum absolute atomic E-state index is 12.2. The van der Waals surface area contributed by atoms with Crippen molar-refractivity contribution in [1.82, 2.24) is 4.90 Å². The van der Waals surface area contributed by atoms with Crippen LogP contribution in [0.2, 0.25) is 0 Å². The molecule has 0 radical (unpaired) electrons. The Hall–Kier alpha value is -1.54. The highest BCUT2D eigenvalue weighted by atomic mass is 79.9. The van der Waals surface area contributed by atoms with Gasteiger partial charge in [-0.15, -0.1) is 0 Å². The normalized spacial score (nSPS) is 16.3. The van der Waals surface area contributed by atoms with Crippen LogP contribution in [0, 0.1) is 17.2 Å². The summed E-state index contributed by atoms with van der Waals surface area (Å²) < 4.78 is 0.736. The lowest BCUT2D eigenvalue weighted by Gasteiger charge is -2.29. The highest BCUT2D eigenvalue weighted by Gasteiger charge is 2.24. The van der Waals surface area contributed by atoms with Gasteiger partial charge in [-0.25, -0.2) is 0 Å². The van der Waals surface area contributed by atoms with Crippen LogP contribution in [-0.2, 0) is 0 Å². The van der Waals surface area contributed by atoms with E-state index < -0.39 is 0 Å². The lowest BCUT2D eigenvalue weighted by Crippen LogP contribution is -2.38. The van der Waals surface area contributed by atoms with Crippen LogP contribution in [0.5, 0.6) is 5.75 Å². The maximum atomic E-state index is 12.2. The second-order valence-electron chi connectivity index (χ2n) is 4.36. The van der Waals surface area contributed by atoms with E-state index in [-0.39, 0.29) is 17.6 Å². The van der Waals surface area contributed by atoms with E-state index in [4.69, 9.17) is 5.26 Å². The summed E-state index contributed by atoms with van der Waals surface area (Å²) in [6.45, 7) is 1.15. The monoisotopic (exact) mass is 308 g/mol. The molecule has 1 heterocycles. The number of phenolic OH excluding ortho intramolecular Hbond substituents is 1. The molecule has 18 heavy (non-hydrogen) atoms. The van der Waals surface area contributed by atoms with Gasteiger partial charge in [-0.3, -0.25) is 4.79 Å². The zero-order chi connectivity index (χ0) is 13.1. The number of hydrogen-bond donors (Lipinski definition) is 1. The Balaban J connectivity index is 2.11. The van der Waals surface area contributed by atoms with E-state index in [2.05, 4.69) is 22.0 Å². The van der Waals surface area contributed by atoms with Crippen molar-refractivity contribution in [2.75, 3.05) is 13.1 Å². The van der Waals surface area contributed by atoms with Crippen molar-refractivity contribution in [3.63, 3.8) is 0 Å². The first-order valence-corrected chi connectivity index (χ1v) is 6.58. The summed E-state index contributed by atoms with van der Waals surface area (Å²) in [5, 5.41) is 18.6. The Morgan fingerprint density at radius 3 is 2.67 bits per heavy atom. The molecule has 1 fully saturated rings. The largest absolute Gasteiger partial charge is 0.507 e. The van der Waals surface area contributed by atoms with Crippen molar-refractivity contribution in [2.45, 2.75) is 12.8 Å². The number of aromatic hydroxyl groups is 1. The smallest absolute Gasteiger partial charge is 0.257 e. The van der Waals surface area contributed by atoms with E-state index in [0.717, 1.165) is 4.47 Å². The zero-order valence-corrected chi connectivity index (χ0v) is 11.4. The molecule has 0 spiro atoms. The molecule has 2 rings (SSSR count). The number of halogens is 1. The number of hydrogen-bond acceptors (Lipinski definition) is 3. The van der Waals surface area contributed by atoms with Gasteiger partial charge >= 0.3 is 0 Å². The molecule has 1 aliphatic heterocycles. The molecule has 1 aromatic rings. The van der Waals surface area contributed by atoms with Crippen LogP contribution in [0.1, 0.15) is 23.2 Å². The summed E-state index contributed by atoms with van der Waals surface area (Å²) in [4.78, 5) is 13.9. The zero-order valence-electron chi connectivity index (χ0n) is 9.77. The van der Waals surface area contributed by atoms with Gasteiger partial charge in [-0.2, -0.15) is 5.26 Å². The number of amides is 1. The molecule has 0 bridgehead atoms. The number of carbonyl (C=O) groups is 1. The average molecular weight is 309 g/mol. The molecular formula is C13H13BrN2O2. The third-order valence-electron chi connectivity index (χ3n) is 3.15. The molecule has 4 nitrogen and oxygen atoms in total. The SMILES string of the molecule is N#CC1CCN(C(=O)c2ccc(Br)cc2O)CC1. The number of benzene rings is 1. The summed E-state index contributed by atoms with van der Waals surface area (Å²) in [7, 11) is 0. The van der Waals surface area contributed by atoms with Gasteiger partial charge in [-0.05, 0) is 31.0 Å². The predicted octanol–water partition coefficient (Wildman–Crippen LogP) is 2.53. The van der Waals surface area contributed by atoms with Gasteiger partial charge in [0, 0.05) is 23.5 Å². The summed E-state index contributed by atoms with van der Waals surface area (Å²) >= 11 is 3.24. The summed E-state index contributed by atoms with van der Waals surface area (Å²) in [5.74, 6) is -0.138. The Morgan fingerprint density at radius 2 is 2.11 bits per heavy atom. The molecule has 1 saturated heterocycles. The molecule has 1 N–H and O–H groups in total. The summed E-state index contributed by atoms with van der Waals surface area (Å²) in [6.07, 6.45) is 1.42. The van der Waals surface area contributed by atoms with Crippen molar-refractivity contribution in [3.8, 4) is 11.8 Å². The van der Waals surface area contributed by atoms with Crippen molar-refractivity contribution < 1.29 is 9.90 Å². The Kier molecular flexibility index (Phi) is 3.87. The summed E-state index contributed by atoms with van der Waals surface area (Å²) in [6, 6.07) is 7.08. The number of phenols is 1. The number of carbonyl (C=O) groups excluding carboxylic acids is 1. The molecule has 1 aliphatic rings. The fraction of sp³-hybridized carbons (Fsp3) is 0.385. The van der Waals surface area contributed by atoms with Crippen molar-refractivity contribution >= 4 is 21.8 Å². The number of piperidine rings is 1. The van der Waals surface area contributed by atoms with Crippen LogP contribution in [0.25, 0.3) is 0 Å². The Labute approximate surface area is 114 Å². The fourth-order valence-corrected chi connectivity index (χ4v) is 2.42. The number of likely N-dealkylation sites (tertiary alicyclic amines) is 1. The minimum atomic E-state index is -0.170.